The molecule has 2 aromatic carbocycles. The third-order valence-corrected chi connectivity index (χ3v) is 6.59. The molecule has 0 saturated carbocycles. The smallest absolute Gasteiger partial charge is 0.261 e. The predicted molar refractivity (Wildman–Crippen MR) is 124 cm³/mol. The van der Waals surface area contributed by atoms with Crippen molar-refractivity contribution in [2.45, 2.75) is 25.7 Å². The first kappa shape index (κ1) is 22.3. The summed E-state index contributed by atoms with van der Waals surface area (Å²) in [5.74, 6) is 1.98. The van der Waals surface area contributed by atoms with Gasteiger partial charge in [0.05, 0.1) is 17.7 Å². The lowest BCUT2D eigenvalue weighted by Gasteiger charge is -2.10. The largest absolute Gasteiger partial charge is 0.497 e. The van der Waals surface area contributed by atoms with E-state index in [1.54, 1.807) is 53.2 Å². The average molecular weight is 466 g/mol. The molecule has 170 valence electrons. The molecule has 0 aliphatic carbocycles. The van der Waals surface area contributed by atoms with E-state index in [4.69, 9.17) is 9.47 Å². The van der Waals surface area contributed by atoms with Crippen LogP contribution in [0.4, 0.5) is 5.69 Å². The molecule has 0 aliphatic heterocycles. The van der Waals surface area contributed by atoms with Crippen molar-refractivity contribution in [1.29, 1.82) is 0 Å². The maximum absolute atomic E-state index is 12.6. The number of hydrogen-bond donors (Lipinski definition) is 1. The number of hydrogen-bond acceptors (Lipinski definition) is 7. The highest BCUT2D eigenvalue weighted by atomic mass is 32.2. The molecule has 9 nitrogen and oxygen atoms in total. The molecule has 0 amide bonds. The molecule has 0 atom stereocenters. The zero-order chi connectivity index (χ0) is 23.6. The Hall–Kier alpha value is -3.92. The summed E-state index contributed by atoms with van der Waals surface area (Å²) >= 11 is 0. The number of benzene rings is 2. The van der Waals surface area contributed by atoms with Crippen molar-refractivity contribution in [1.82, 2.24) is 20.0 Å². The predicted octanol–water partition coefficient (Wildman–Crippen LogP) is 4.19. The monoisotopic (exact) mass is 465 g/mol. The maximum atomic E-state index is 12.6. The molecule has 4 aromatic rings. The molecule has 0 radical (unpaired) electrons. The fourth-order valence-electron chi connectivity index (χ4n) is 3.10. The number of nitrogens with zero attached hydrogens (tertiary/aromatic N) is 4. The summed E-state index contributed by atoms with van der Waals surface area (Å²) in [4.78, 5) is 0.136. The summed E-state index contributed by atoms with van der Waals surface area (Å²) in [7, 11) is -2.20. The summed E-state index contributed by atoms with van der Waals surface area (Å²) in [6.07, 6.45) is 0. The fourth-order valence-corrected chi connectivity index (χ4v) is 4.16. The molecule has 10 heteroatoms. The molecule has 0 unspecified atom stereocenters. The van der Waals surface area contributed by atoms with Gasteiger partial charge in [-0.05, 0) is 80.9 Å². The number of rotatable bonds is 7. The van der Waals surface area contributed by atoms with Gasteiger partial charge in [-0.15, -0.1) is 10.2 Å². The van der Waals surface area contributed by atoms with Crippen LogP contribution in [0, 0.1) is 20.8 Å². The van der Waals surface area contributed by atoms with Crippen LogP contribution in [0.15, 0.2) is 65.6 Å². The third kappa shape index (κ3) is 4.80. The standard InChI is InChI=1S/C23H23N5O4S/c1-15-16(2)26-28(17(15)3)22-13-14-23(25-24-22)32-20-7-5-18(6-8-20)27-33(29,30)21-11-9-19(31-4)10-12-21/h5-14,27H,1-4H3. The van der Waals surface area contributed by atoms with Gasteiger partial charge in [0.25, 0.3) is 10.0 Å². The van der Waals surface area contributed by atoms with Crippen LogP contribution in [0.25, 0.3) is 5.82 Å². The minimum Gasteiger partial charge on any atom is -0.497 e. The first-order chi connectivity index (χ1) is 15.8. The molecule has 2 aromatic heterocycles. The molecular formula is C23H23N5O4S. The Morgan fingerprint density at radius 2 is 1.52 bits per heavy atom. The molecule has 0 bridgehead atoms. The van der Waals surface area contributed by atoms with E-state index >= 15 is 0 Å². The topological polar surface area (TPSA) is 108 Å². The van der Waals surface area contributed by atoms with E-state index in [0.717, 1.165) is 17.0 Å². The van der Waals surface area contributed by atoms with Crippen molar-refractivity contribution in [3.8, 4) is 23.2 Å². The van der Waals surface area contributed by atoms with Crippen LogP contribution < -0.4 is 14.2 Å². The highest BCUT2D eigenvalue weighted by Crippen LogP contribution is 2.24. The van der Waals surface area contributed by atoms with E-state index in [9.17, 15) is 8.42 Å². The SMILES string of the molecule is COc1ccc(S(=O)(=O)Nc2ccc(Oc3ccc(-n4nc(C)c(C)c4C)nn3)cc2)cc1. The Labute approximate surface area is 192 Å². The molecular weight excluding hydrogens is 442 g/mol. The number of ether oxygens (including phenoxy) is 2. The van der Waals surface area contributed by atoms with Gasteiger partial charge in [-0.25, -0.2) is 13.1 Å². The van der Waals surface area contributed by atoms with Gasteiger partial charge in [-0.2, -0.15) is 5.10 Å². The Balaban J connectivity index is 1.43. The second kappa shape index (κ2) is 8.91. The summed E-state index contributed by atoms with van der Waals surface area (Å²) in [6, 6.07) is 16.1. The molecule has 0 saturated heterocycles. The van der Waals surface area contributed by atoms with Crippen molar-refractivity contribution in [2.75, 3.05) is 11.8 Å². The van der Waals surface area contributed by atoms with Gasteiger partial charge >= 0.3 is 0 Å². The number of anilines is 1. The number of sulfonamides is 1. The lowest BCUT2D eigenvalue weighted by Crippen LogP contribution is -2.12. The highest BCUT2D eigenvalue weighted by molar-refractivity contribution is 7.92. The fraction of sp³-hybridized carbons (Fsp3) is 0.174. The second-order valence-electron chi connectivity index (χ2n) is 7.34. The van der Waals surface area contributed by atoms with Gasteiger partial charge in [-0.1, -0.05) is 0 Å². The molecule has 4 rings (SSSR count). The lowest BCUT2D eigenvalue weighted by molar-refractivity contribution is 0.414. The van der Waals surface area contributed by atoms with Crippen molar-refractivity contribution in [3.63, 3.8) is 0 Å². The van der Waals surface area contributed by atoms with Crippen molar-refractivity contribution in [3.05, 3.63) is 77.6 Å². The van der Waals surface area contributed by atoms with Gasteiger partial charge in [0.1, 0.15) is 11.5 Å². The van der Waals surface area contributed by atoms with Crippen LogP contribution in [-0.4, -0.2) is 35.5 Å². The van der Waals surface area contributed by atoms with Crippen LogP contribution in [0.5, 0.6) is 17.4 Å². The summed E-state index contributed by atoms with van der Waals surface area (Å²) in [5.41, 5.74) is 3.46. The first-order valence-corrected chi connectivity index (χ1v) is 11.6. The van der Waals surface area contributed by atoms with Crippen LogP contribution in [0.3, 0.4) is 0 Å². The second-order valence-corrected chi connectivity index (χ2v) is 9.03. The highest BCUT2D eigenvalue weighted by Gasteiger charge is 2.15. The molecule has 0 spiro atoms. The molecule has 33 heavy (non-hydrogen) atoms. The minimum atomic E-state index is -3.72. The molecule has 2 heterocycles. The van der Waals surface area contributed by atoms with Crippen LogP contribution in [-0.2, 0) is 10.0 Å². The van der Waals surface area contributed by atoms with Crippen molar-refractivity contribution >= 4 is 15.7 Å². The Kier molecular flexibility index (Phi) is 6.01. The van der Waals surface area contributed by atoms with E-state index in [1.807, 2.05) is 20.8 Å². The normalized spacial score (nSPS) is 11.3. The van der Waals surface area contributed by atoms with Crippen molar-refractivity contribution < 1.29 is 17.9 Å². The van der Waals surface area contributed by atoms with E-state index in [2.05, 4.69) is 20.0 Å². The maximum Gasteiger partial charge on any atom is 0.261 e. The molecule has 0 aliphatic rings. The Bertz CT molecular complexity index is 1360. The van der Waals surface area contributed by atoms with E-state index < -0.39 is 10.0 Å². The van der Waals surface area contributed by atoms with Gasteiger partial charge in [0, 0.05) is 17.4 Å². The summed E-state index contributed by atoms with van der Waals surface area (Å²) < 4.78 is 40.2. The van der Waals surface area contributed by atoms with E-state index in [1.165, 1.54) is 19.2 Å². The summed E-state index contributed by atoms with van der Waals surface area (Å²) in [5, 5.41) is 12.8. The first-order valence-electron chi connectivity index (χ1n) is 10.1. The Morgan fingerprint density at radius 1 is 0.848 bits per heavy atom. The van der Waals surface area contributed by atoms with Crippen LogP contribution >= 0.6 is 0 Å². The zero-order valence-electron chi connectivity index (χ0n) is 18.6. The zero-order valence-corrected chi connectivity index (χ0v) is 19.4. The average Bonchev–Trinajstić information content (AvgIpc) is 3.08. The number of aromatic nitrogens is 4. The van der Waals surface area contributed by atoms with Crippen molar-refractivity contribution in [2.24, 2.45) is 0 Å². The Morgan fingerprint density at radius 3 is 2.06 bits per heavy atom. The van der Waals surface area contributed by atoms with Gasteiger partial charge < -0.3 is 9.47 Å². The van der Waals surface area contributed by atoms with Crippen LogP contribution in [0.1, 0.15) is 17.0 Å². The molecule has 0 fully saturated rings. The van der Waals surface area contributed by atoms with E-state index in [-0.39, 0.29) is 4.90 Å². The number of nitrogens with one attached hydrogen (secondary N) is 1. The number of methoxy groups -OCH3 is 1. The minimum absolute atomic E-state index is 0.136. The quantitative estimate of drug-likeness (QED) is 0.436. The van der Waals surface area contributed by atoms with Gasteiger partial charge in [-0.3, -0.25) is 4.72 Å². The van der Waals surface area contributed by atoms with Crippen LogP contribution in [0.2, 0.25) is 0 Å². The van der Waals surface area contributed by atoms with Gasteiger partial charge in [0.15, 0.2) is 5.82 Å². The van der Waals surface area contributed by atoms with E-state index in [0.29, 0.717) is 28.9 Å². The molecule has 1 N–H and O–H groups in total. The van der Waals surface area contributed by atoms with Gasteiger partial charge in [0.2, 0.25) is 5.88 Å². The number of aryl methyl sites for hydroxylation is 1. The summed E-state index contributed by atoms with van der Waals surface area (Å²) in [6.45, 7) is 5.94. The third-order valence-electron chi connectivity index (χ3n) is 5.19. The lowest BCUT2D eigenvalue weighted by atomic mass is 10.2.